The first-order valence-electron chi connectivity index (χ1n) is 12.1. The molecule has 2 aromatic rings. The molecule has 0 unspecified atom stereocenters. The number of amides is 3. The predicted molar refractivity (Wildman–Crippen MR) is 139 cm³/mol. The lowest BCUT2D eigenvalue weighted by molar-refractivity contribution is -0.131. The first-order chi connectivity index (χ1) is 17.5. The van der Waals surface area contributed by atoms with Gasteiger partial charge in [-0.2, -0.15) is 0 Å². The molecular weight excluding hydrogens is 477 g/mol. The summed E-state index contributed by atoms with van der Waals surface area (Å²) in [5.74, 6) is -1.29. The van der Waals surface area contributed by atoms with E-state index in [1.165, 1.54) is 23.1 Å². The Morgan fingerprint density at radius 2 is 1.89 bits per heavy atom. The number of halogens is 1. The maximum absolute atomic E-state index is 14.4. The van der Waals surface area contributed by atoms with Crippen LogP contribution in [0.2, 0.25) is 0 Å². The molecule has 0 aliphatic heterocycles. The molecule has 0 bridgehead atoms. The largest absolute Gasteiger partial charge is 0.364 e. The first-order valence-corrected chi connectivity index (χ1v) is 12.1. The van der Waals surface area contributed by atoms with Crippen LogP contribution in [0.1, 0.15) is 46.2 Å². The molecule has 1 aromatic heterocycles. The maximum atomic E-state index is 14.4. The molecule has 0 spiro atoms. The van der Waals surface area contributed by atoms with Gasteiger partial charge in [-0.3, -0.25) is 14.4 Å². The number of nitrogens with two attached hydrogens (primary N) is 1. The fourth-order valence-corrected chi connectivity index (χ4v) is 3.73. The molecule has 1 aromatic carbocycles. The second-order valence-electron chi connectivity index (χ2n) is 9.46. The molecule has 1 heterocycles. The van der Waals surface area contributed by atoms with Crippen LogP contribution in [0.4, 0.5) is 15.9 Å². The van der Waals surface area contributed by atoms with Crippen LogP contribution in [0.15, 0.2) is 30.4 Å². The van der Waals surface area contributed by atoms with E-state index in [4.69, 9.17) is 5.73 Å². The molecular formula is C26H34FN7O3. The first kappa shape index (κ1) is 27.7. The number of rotatable bonds is 12. The van der Waals surface area contributed by atoms with Gasteiger partial charge in [-0.05, 0) is 64.0 Å². The van der Waals surface area contributed by atoms with Crippen LogP contribution in [0.5, 0.6) is 0 Å². The predicted octanol–water partition coefficient (Wildman–Crippen LogP) is 1.88. The SMILES string of the molecule is Cc1nc(C(N)=O)c(Nc2cc(F)cc(CCNC(=O)CN(C)C(=O)/C=C/CN(C)C)c2)nc1C1CC1. The van der Waals surface area contributed by atoms with Crippen molar-refractivity contribution >= 4 is 29.2 Å². The molecule has 11 heteroatoms. The Morgan fingerprint density at radius 1 is 1.16 bits per heavy atom. The van der Waals surface area contributed by atoms with E-state index in [-0.39, 0.29) is 36.4 Å². The fourth-order valence-electron chi connectivity index (χ4n) is 3.73. The molecule has 0 saturated heterocycles. The topological polar surface area (TPSA) is 134 Å². The molecule has 3 amide bonds. The molecule has 1 aliphatic rings. The lowest BCUT2D eigenvalue weighted by atomic mass is 10.1. The number of aromatic nitrogens is 2. The van der Waals surface area contributed by atoms with Gasteiger partial charge in [0.25, 0.3) is 5.91 Å². The minimum Gasteiger partial charge on any atom is -0.364 e. The monoisotopic (exact) mass is 511 g/mol. The number of hydrogen-bond acceptors (Lipinski definition) is 7. The van der Waals surface area contributed by atoms with E-state index in [0.29, 0.717) is 35.8 Å². The van der Waals surface area contributed by atoms with Crippen LogP contribution in [-0.2, 0) is 16.0 Å². The van der Waals surface area contributed by atoms with Crippen LogP contribution in [0.25, 0.3) is 0 Å². The highest BCUT2D eigenvalue weighted by molar-refractivity contribution is 5.96. The number of anilines is 2. The van der Waals surface area contributed by atoms with Crippen molar-refractivity contribution in [1.29, 1.82) is 0 Å². The Bertz CT molecular complexity index is 1190. The van der Waals surface area contributed by atoms with E-state index < -0.39 is 11.7 Å². The zero-order valence-electron chi connectivity index (χ0n) is 21.7. The molecule has 0 radical (unpaired) electrons. The van der Waals surface area contributed by atoms with Crippen molar-refractivity contribution in [3.05, 3.63) is 58.8 Å². The van der Waals surface area contributed by atoms with Gasteiger partial charge >= 0.3 is 0 Å². The van der Waals surface area contributed by atoms with Gasteiger partial charge in [0, 0.05) is 37.8 Å². The normalized spacial score (nSPS) is 13.1. The Kier molecular flexibility index (Phi) is 9.29. The third kappa shape index (κ3) is 8.35. The standard InChI is InChI=1S/C26H34FN7O3/c1-16-23(18-7-8-18)32-26(24(30-16)25(28)37)31-20-13-17(12-19(27)14-20)9-10-29-21(35)15-34(4)22(36)6-5-11-33(2)3/h5-6,12-14,18H,7-11,15H2,1-4H3,(H2,28,37)(H,29,35)(H,31,32)/b6-5+. The van der Waals surface area contributed by atoms with Crippen molar-refractivity contribution < 1.29 is 18.8 Å². The summed E-state index contributed by atoms with van der Waals surface area (Å²) in [6.07, 6.45) is 5.54. The Morgan fingerprint density at radius 3 is 2.54 bits per heavy atom. The molecule has 4 N–H and O–H groups in total. The average Bonchev–Trinajstić information content (AvgIpc) is 3.64. The van der Waals surface area contributed by atoms with Crippen molar-refractivity contribution in [3.63, 3.8) is 0 Å². The molecule has 198 valence electrons. The van der Waals surface area contributed by atoms with Gasteiger partial charge in [-0.25, -0.2) is 14.4 Å². The molecule has 1 saturated carbocycles. The Balaban J connectivity index is 1.59. The summed E-state index contributed by atoms with van der Waals surface area (Å²) in [5, 5.41) is 5.74. The lowest BCUT2D eigenvalue weighted by Crippen LogP contribution is -2.38. The summed E-state index contributed by atoms with van der Waals surface area (Å²) in [6.45, 7) is 2.58. The molecule has 1 fully saturated rings. The van der Waals surface area contributed by atoms with E-state index >= 15 is 0 Å². The highest BCUT2D eigenvalue weighted by atomic mass is 19.1. The van der Waals surface area contributed by atoms with Gasteiger partial charge in [0.05, 0.1) is 17.9 Å². The summed E-state index contributed by atoms with van der Waals surface area (Å²) >= 11 is 0. The molecule has 10 nitrogen and oxygen atoms in total. The van der Waals surface area contributed by atoms with Gasteiger partial charge in [-0.15, -0.1) is 0 Å². The number of hydrogen-bond donors (Lipinski definition) is 3. The summed E-state index contributed by atoms with van der Waals surface area (Å²) in [7, 11) is 5.34. The summed E-state index contributed by atoms with van der Waals surface area (Å²) in [4.78, 5) is 48.4. The number of nitrogens with zero attached hydrogens (tertiary/aromatic N) is 4. The summed E-state index contributed by atoms with van der Waals surface area (Å²) < 4.78 is 14.4. The van der Waals surface area contributed by atoms with E-state index in [2.05, 4.69) is 20.6 Å². The summed E-state index contributed by atoms with van der Waals surface area (Å²) in [5.41, 5.74) is 7.98. The van der Waals surface area contributed by atoms with Crippen molar-refractivity contribution in [2.45, 2.75) is 32.1 Å². The maximum Gasteiger partial charge on any atom is 0.271 e. The fraction of sp³-hybridized carbons (Fsp3) is 0.423. The van der Waals surface area contributed by atoms with E-state index in [0.717, 1.165) is 18.5 Å². The lowest BCUT2D eigenvalue weighted by Gasteiger charge is -2.15. The smallest absolute Gasteiger partial charge is 0.271 e. The van der Waals surface area contributed by atoms with E-state index in [1.54, 1.807) is 26.1 Å². The quantitative estimate of drug-likeness (QED) is 0.371. The van der Waals surface area contributed by atoms with E-state index in [9.17, 15) is 18.8 Å². The van der Waals surface area contributed by atoms with Crippen LogP contribution in [0, 0.1) is 12.7 Å². The van der Waals surface area contributed by atoms with Crippen LogP contribution < -0.4 is 16.4 Å². The van der Waals surface area contributed by atoms with Gasteiger partial charge in [0.15, 0.2) is 11.5 Å². The highest BCUT2D eigenvalue weighted by Gasteiger charge is 2.29. The Labute approximate surface area is 216 Å². The van der Waals surface area contributed by atoms with Crippen LogP contribution in [-0.4, -0.2) is 78.3 Å². The van der Waals surface area contributed by atoms with Gasteiger partial charge < -0.3 is 26.2 Å². The number of benzene rings is 1. The number of primary amides is 1. The van der Waals surface area contributed by atoms with Crippen molar-refractivity contribution in [2.75, 3.05) is 46.1 Å². The Hall–Kier alpha value is -3.86. The van der Waals surface area contributed by atoms with Crippen LogP contribution >= 0.6 is 0 Å². The van der Waals surface area contributed by atoms with Gasteiger partial charge in [-0.1, -0.05) is 6.08 Å². The number of carbonyl (C=O) groups excluding carboxylic acids is 3. The minimum absolute atomic E-state index is 0.00444. The van der Waals surface area contributed by atoms with E-state index in [1.807, 2.05) is 19.0 Å². The second kappa shape index (κ2) is 12.4. The third-order valence-corrected chi connectivity index (χ3v) is 5.75. The number of carbonyl (C=O) groups is 3. The number of aryl methyl sites for hydroxylation is 1. The average molecular weight is 512 g/mol. The van der Waals surface area contributed by atoms with Crippen molar-refractivity contribution in [3.8, 4) is 0 Å². The third-order valence-electron chi connectivity index (χ3n) is 5.75. The van der Waals surface area contributed by atoms with Crippen molar-refractivity contribution in [2.24, 2.45) is 5.73 Å². The molecule has 3 rings (SSSR count). The van der Waals surface area contributed by atoms with Gasteiger partial charge in [0.2, 0.25) is 11.8 Å². The zero-order chi connectivity index (χ0) is 27.1. The van der Waals surface area contributed by atoms with Gasteiger partial charge in [0.1, 0.15) is 5.82 Å². The second-order valence-corrected chi connectivity index (χ2v) is 9.46. The zero-order valence-corrected chi connectivity index (χ0v) is 21.7. The molecule has 37 heavy (non-hydrogen) atoms. The number of nitrogens with one attached hydrogen (secondary N) is 2. The van der Waals surface area contributed by atoms with Crippen LogP contribution in [0.3, 0.4) is 0 Å². The summed E-state index contributed by atoms with van der Waals surface area (Å²) in [6, 6.07) is 4.37. The van der Waals surface area contributed by atoms with Crippen molar-refractivity contribution in [1.82, 2.24) is 25.1 Å². The molecule has 0 atom stereocenters. The minimum atomic E-state index is -0.726. The molecule has 1 aliphatic carbocycles. The number of likely N-dealkylation sites (N-methyl/N-ethyl adjacent to an activating group) is 2. The highest BCUT2D eigenvalue weighted by Crippen LogP contribution is 2.41.